The average Bonchev–Trinajstić information content (AvgIpc) is 2.31. The molecule has 2 nitrogen and oxygen atoms in total. The molecule has 1 rings (SSSR count). The third-order valence-corrected chi connectivity index (χ3v) is 3.03. The Morgan fingerprint density at radius 1 is 1.00 bits per heavy atom. The first kappa shape index (κ1) is 14.0. The first-order valence-electron chi connectivity index (χ1n) is 6.62. The van der Waals surface area contributed by atoms with Gasteiger partial charge in [-0.2, -0.15) is 0 Å². The van der Waals surface area contributed by atoms with Crippen LogP contribution in [0.15, 0.2) is 24.3 Å². The molecule has 0 unspecified atom stereocenters. The van der Waals surface area contributed by atoms with Gasteiger partial charge in [-0.25, -0.2) is 0 Å². The van der Waals surface area contributed by atoms with Crippen LogP contribution in [0, 0.1) is 0 Å². The lowest BCUT2D eigenvalue weighted by Crippen LogP contribution is -2.25. The quantitative estimate of drug-likeness (QED) is 0.778. The van der Waals surface area contributed by atoms with Gasteiger partial charge in [0.1, 0.15) is 5.75 Å². The molecule has 0 heterocycles. The Bertz CT molecular complexity index is 310. The van der Waals surface area contributed by atoms with Crippen molar-refractivity contribution in [1.29, 1.82) is 0 Å². The van der Waals surface area contributed by atoms with E-state index in [4.69, 9.17) is 4.74 Å². The summed E-state index contributed by atoms with van der Waals surface area (Å²) in [6.45, 7) is 6.86. The minimum atomic E-state index is -0.672. The number of hydrogen-bond donors (Lipinski definition) is 1. The topological polar surface area (TPSA) is 29.5 Å². The molecule has 1 aromatic carbocycles. The first-order chi connectivity index (χ1) is 8.16. The van der Waals surface area contributed by atoms with Crippen LogP contribution in [-0.4, -0.2) is 11.7 Å². The molecule has 0 bridgehead atoms. The number of aliphatic hydroxyl groups is 1. The highest BCUT2D eigenvalue weighted by molar-refractivity contribution is 5.30. The molecule has 0 saturated heterocycles. The molecule has 0 amide bonds. The van der Waals surface area contributed by atoms with E-state index in [1.54, 1.807) is 0 Å². The Labute approximate surface area is 105 Å². The maximum absolute atomic E-state index is 10.7. The van der Waals surface area contributed by atoms with Crippen LogP contribution >= 0.6 is 0 Å². The third kappa shape index (κ3) is 3.74. The molecule has 1 aromatic rings. The molecule has 0 aliphatic carbocycles. The molecule has 1 N–H and O–H groups in total. The van der Waals surface area contributed by atoms with Gasteiger partial charge in [0.2, 0.25) is 0 Å². The van der Waals surface area contributed by atoms with E-state index in [1.165, 1.54) is 0 Å². The summed E-state index contributed by atoms with van der Waals surface area (Å²) in [5.74, 6) is 0.867. The zero-order valence-corrected chi connectivity index (χ0v) is 11.2. The molecule has 0 spiro atoms. The second kappa shape index (κ2) is 6.65. The highest BCUT2D eigenvalue weighted by Gasteiger charge is 2.26. The van der Waals surface area contributed by atoms with Gasteiger partial charge < -0.3 is 9.84 Å². The van der Waals surface area contributed by atoms with E-state index in [0.717, 1.165) is 37.0 Å². The Morgan fingerprint density at radius 2 is 1.53 bits per heavy atom. The molecular formula is C15H24O2. The molecule has 0 atom stereocenters. The number of hydrogen-bond acceptors (Lipinski definition) is 2. The van der Waals surface area contributed by atoms with Crippen molar-refractivity contribution in [3.63, 3.8) is 0 Å². The van der Waals surface area contributed by atoms with Gasteiger partial charge in [0.05, 0.1) is 12.2 Å². The largest absolute Gasteiger partial charge is 0.494 e. The van der Waals surface area contributed by atoms with Crippen molar-refractivity contribution in [3.05, 3.63) is 29.8 Å². The second-order valence-electron chi connectivity index (χ2n) is 4.49. The molecule has 96 valence electrons. The molecule has 0 aliphatic rings. The minimum Gasteiger partial charge on any atom is -0.494 e. The van der Waals surface area contributed by atoms with Gasteiger partial charge in [0.15, 0.2) is 0 Å². The lowest BCUT2D eigenvalue weighted by atomic mass is 9.85. The number of ether oxygens (including phenoxy) is 1. The van der Waals surface area contributed by atoms with Gasteiger partial charge in [-0.05, 0) is 37.5 Å². The van der Waals surface area contributed by atoms with Gasteiger partial charge in [-0.15, -0.1) is 0 Å². The van der Waals surface area contributed by atoms with Crippen molar-refractivity contribution in [2.24, 2.45) is 0 Å². The van der Waals surface area contributed by atoms with E-state index < -0.39 is 5.60 Å². The highest BCUT2D eigenvalue weighted by atomic mass is 16.5. The first-order valence-corrected chi connectivity index (χ1v) is 6.62. The normalized spacial score (nSPS) is 11.5. The lowest BCUT2D eigenvalue weighted by molar-refractivity contribution is 0.0169. The summed E-state index contributed by atoms with van der Waals surface area (Å²) in [6.07, 6.45) is 3.61. The molecule has 0 fully saturated rings. The van der Waals surface area contributed by atoms with Crippen molar-refractivity contribution >= 4 is 0 Å². The second-order valence-corrected chi connectivity index (χ2v) is 4.49. The van der Waals surface area contributed by atoms with E-state index in [2.05, 4.69) is 13.8 Å². The zero-order chi connectivity index (χ0) is 12.7. The van der Waals surface area contributed by atoms with E-state index in [-0.39, 0.29) is 0 Å². The van der Waals surface area contributed by atoms with Gasteiger partial charge in [0.25, 0.3) is 0 Å². The predicted molar refractivity (Wildman–Crippen MR) is 71.3 cm³/mol. The van der Waals surface area contributed by atoms with E-state index >= 15 is 0 Å². The molecule has 0 saturated carbocycles. The van der Waals surface area contributed by atoms with Crippen molar-refractivity contribution < 1.29 is 9.84 Å². The van der Waals surface area contributed by atoms with Crippen molar-refractivity contribution in [1.82, 2.24) is 0 Å². The smallest absolute Gasteiger partial charge is 0.119 e. The van der Waals surface area contributed by atoms with E-state index in [9.17, 15) is 5.11 Å². The fourth-order valence-electron chi connectivity index (χ4n) is 2.27. The van der Waals surface area contributed by atoms with E-state index in [1.807, 2.05) is 31.2 Å². The van der Waals surface area contributed by atoms with Gasteiger partial charge in [-0.1, -0.05) is 38.8 Å². The SMILES string of the molecule is CCCC(O)(CCC)c1ccc(OCC)cc1. The van der Waals surface area contributed by atoms with Gasteiger partial charge in [0, 0.05) is 0 Å². The molecule has 0 aliphatic heterocycles. The predicted octanol–water partition coefficient (Wildman–Crippen LogP) is 3.87. The molecule has 17 heavy (non-hydrogen) atoms. The summed E-state index contributed by atoms with van der Waals surface area (Å²) in [4.78, 5) is 0. The number of benzene rings is 1. The Hall–Kier alpha value is -1.02. The minimum absolute atomic E-state index is 0.672. The lowest BCUT2D eigenvalue weighted by Gasteiger charge is -2.28. The third-order valence-electron chi connectivity index (χ3n) is 3.03. The van der Waals surface area contributed by atoms with Gasteiger partial charge >= 0.3 is 0 Å². The Morgan fingerprint density at radius 3 is 1.94 bits per heavy atom. The number of rotatable bonds is 7. The summed E-state index contributed by atoms with van der Waals surface area (Å²) in [7, 11) is 0. The van der Waals surface area contributed by atoms with Crippen molar-refractivity contribution in [2.45, 2.75) is 52.1 Å². The van der Waals surface area contributed by atoms with Crippen LogP contribution < -0.4 is 4.74 Å². The zero-order valence-electron chi connectivity index (χ0n) is 11.2. The summed E-state index contributed by atoms with van der Waals surface area (Å²) >= 11 is 0. The maximum Gasteiger partial charge on any atom is 0.119 e. The average molecular weight is 236 g/mol. The van der Waals surface area contributed by atoms with Crippen LogP contribution in [0.2, 0.25) is 0 Å². The van der Waals surface area contributed by atoms with E-state index in [0.29, 0.717) is 6.61 Å². The Kier molecular flexibility index (Phi) is 5.49. The Balaban J connectivity index is 2.87. The van der Waals surface area contributed by atoms with Crippen molar-refractivity contribution in [2.75, 3.05) is 6.61 Å². The van der Waals surface area contributed by atoms with Crippen LogP contribution in [0.3, 0.4) is 0 Å². The summed E-state index contributed by atoms with van der Waals surface area (Å²) in [5, 5.41) is 10.7. The van der Waals surface area contributed by atoms with Crippen LogP contribution in [-0.2, 0) is 5.60 Å². The summed E-state index contributed by atoms with van der Waals surface area (Å²) < 4.78 is 5.41. The fourth-order valence-corrected chi connectivity index (χ4v) is 2.27. The summed E-state index contributed by atoms with van der Waals surface area (Å²) in [5.41, 5.74) is 0.332. The van der Waals surface area contributed by atoms with Gasteiger partial charge in [-0.3, -0.25) is 0 Å². The molecular weight excluding hydrogens is 212 g/mol. The van der Waals surface area contributed by atoms with Crippen LogP contribution in [0.25, 0.3) is 0 Å². The van der Waals surface area contributed by atoms with Crippen molar-refractivity contribution in [3.8, 4) is 5.75 Å². The summed E-state index contributed by atoms with van der Waals surface area (Å²) in [6, 6.07) is 7.84. The molecule has 0 aromatic heterocycles. The molecule has 0 radical (unpaired) electrons. The van der Waals surface area contributed by atoms with Crippen LogP contribution in [0.1, 0.15) is 52.0 Å². The van der Waals surface area contributed by atoms with Crippen LogP contribution in [0.5, 0.6) is 5.75 Å². The molecule has 2 heteroatoms. The van der Waals surface area contributed by atoms with Crippen LogP contribution in [0.4, 0.5) is 0 Å². The fraction of sp³-hybridized carbons (Fsp3) is 0.600. The highest BCUT2D eigenvalue weighted by Crippen LogP contribution is 2.32. The maximum atomic E-state index is 10.7. The monoisotopic (exact) mass is 236 g/mol. The standard InChI is InChI=1S/C15H24O2/c1-4-11-15(16,12-5-2)13-7-9-14(10-8-13)17-6-3/h7-10,16H,4-6,11-12H2,1-3H3.